The number of allylic oxidation sites excluding steroid dienone is 4. The summed E-state index contributed by atoms with van der Waals surface area (Å²) in [5, 5.41) is 9.51. The SMILES string of the molecule is CC/C=C/C/C=C/CCCCC(=O)OC(COCCC(C(=O)O)[N+](C)(C)C)COC(=O)CCCCCCCCCC. The summed E-state index contributed by atoms with van der Waals surface area (Å²) in [5.41, 5.74) is 0. The van der Waals surface area contributed by atoms with Crippen molar-refractivity contribution >= 4 is 17.9 Å². The van der Waals surface area contributed by atoms with E-state index in [4.69, 9.17) is 14.2 Å². The first-order valence-corrected chi connectivity index (χ1v) is 15.9. The van der Waals surface area contributed by atoms with E-state index < -0.39 is 18.1 Å². The van der Waals surface area contributed by atoms with E-state index in [-0.39, 0.29) is 42.7 Å². The minimum absolute atomic E-state index is 0.0499. The lowest BCUT2D eigenvalue weighted by atomic mass is 10.1. The molecular weight excluding hydrogens is 522 g/mol. The maximum absolute atomic E-state index is 12.5. The molecule has 0 spiro atoms. The maximum Gasteiger partial charge on any atom is 0.362 e. The molecule has 8 heteroatoms. The molecule has 0 saturated carbocycles. The van der Waals surface area contributed by atoms with Crippen molar-refractivity contribution in [2.45, 2.75) is 129 Å². The van der Waals surface area contributed by atoms with Crippen LogP contribution in [0.25, 0.3) is 0 Å². The lowest BCUT2D eigenvalue weighted by Crippen LogP contribution is -2.50. The molecule has 0 rings (SSSR count). The summed E-state index contributed by atoms with van der Waals surface area (Å²) in [4.78, 5) is 36.4. The molecule has 0 aromatic heterocycles. The van der Waals surface area contributed by atoms with Gasteiger partial charge >= 0.3 is 17.9 Å². The zero-order valence-electron chi connectivity index (χ0n) is 26.7. The number of esters is 2. The number of rotatable bonds is 27. The Morgan fingerprint density at radius 1 is 0.756 bits per heavy atom. The van der Waals surface area contributed by atoms with Crippen LogP contribution >= 0.6 is 0 Å². The van der Waals surface area contributed by atoms with Crippen molar-refractivity contribution in [1.82, 2.24) is 0 Å². The van der Waals surface area contributed by atoms with Gasteiger partial charge in [-0.05, 0) is 38.5 Å². The molecule has 2 unspecified atom stereocenters. The second-order valence-electron chi connectivity index (χ2n) is 11.7. The van der Waals surface area contributed by atoms with E-state index >= 15 is 0 Å². The predicted octanol–water partition coefficient (Wildman–Crippen LogP) is 7.01. The van der Waals surface area contributed by atoms with Gasteiger partial charge in [-0.25, -0.2) is 4.79 Å². The van der Waals surface area contributed by atoms with Crippen molar-refractivity contribution in [3.8, 4) is 0 Å². The van der Waals surface area contributed by atoms with Gasteiger partial charge in [0.1, 0.15) is 6.61 Å². The quantitative estimate of drug-likeness (QED) is 0.0481. The fourth-order valence-corrected chi connectivity index (χ4v) is 4.36. The molecule has 0 radical (unpaired) electrons. The van der Waals surface area contributed by atoms with Gasteiger partial charge in [-0.3, -0.25) is 9.59 Å². The van der Waals surface area contributed by atoms with Crippen LogP contribution in [0.1, 0.15) is 117 Å². The third kappa shape index (κ3) is 24.1. The number of quaternary nitrogens is 1. The summed E-state index contributed by atoms with van der Waals surface area (Å²) >= 11 is 0. The molecule has 41 heavy (non-hydrogen) atoms. The summed E-state index contributed by atoms with van der Waals surface area (Å²) in [6.07, 6.45) is 22.4. The van der Waals surface area contributed by atoms with Crippen LogP contribution in [0.4, 0.5) is 0 Å². The highest BCUT2D eigenvalue weighted by atomic mass is 16.6. The second-order valence-corrected chi connectivity index (χ2v) is 11.7. The number of likely N-dealkylation sites (N-methyl/N-ethyl adjacent to an activating group) is 1. The van der Waals surface area contributed by atoms with Crippen LogP contribution in [0.5, 0.6) is 0 Å². The zero-order chi connectivity index (χ0) is 30.8. The maximum atomic E-state index is 12.5. The van der Waals surface area contributed by atoms with Gasteiger partial charge in [-0.15, -0.1) is 0 Å². The standard InChI is InChI=1S/C33H59NO7/c1-6-8-10-12-14-16-18-20-22-24-32(36)41-29(27-39-26-25-30(33(37)38)34(3,4)5)28-40-31(35)23-21-19-17-15-13-11-9-7-2/h8,10,14,16,29-30H,6-7,9,11-13,15,17-28H2,1-5H3/p+1/b10-8+,16-14+. The van der Waals surface area contributed by atoms with Gasteiger partial charge in [-0.2, -0.15) is 0 Å². The molecule has 0 saturated heterocycles. The summed E-state index contributed by atoms with van der Waals surface area (Å²) in [5.74, 6) is -1.53. The summed E-state index contributed by atoms with van der Waals surface area (Å²) in [6, 6.07) is -0.614. The number of ether oxygens (including phenoxy) is 3. The van der Waals surface area contributed by atoms with Crippen molar-refractivity contribution < 1.29 is 38.2 Å². The molecule has 0 aliphatic heterocycles. The number of unbranched alkanes of at least 4 members (excludes halogenated alkanes) is 9. The first-order valence-electron chi connectivity index (χ1n) is 15.9. The smallest absolute Gasteiger partial charge is 0.362 e. The molecule has 0 amide bonds. The molecule has 0 bridgehead atoms. The van der Waals surface area contributed by atoms with Gasteiger partial charge in [0.15, 0.2) is 12.1 Å². The van der Waals surface area contributed by atoms with E-state index in [1.54, 1.807) is 0 Å². The molecule has 8 nitrogen and oxygen atoms in total. The average molecular weight is 583 g/mol. The number of carboxylic acids is 1. The Labute approximate surface area is 250 Å². The molecule has 0 heterocycles. The van der Waals surface area contributed by atoms with Crippen LogP contribution in [-0.2, 0) is 28.6 Å². The van der Waals surface area contributed by atoms with Crippen molar-refractivity contribution in [2.75, 3.05) is 41.0 Å². The van der Waals surface area contributed by atoms with Gasteiger partial charge in [0, 0.05) is 19.3 Å². The third-order valence-electron chi connectivity index (χ3n) is 6.87. The average Bonchev–Trinajstić information content (AvgIpc) is 2.91. The summed E-state index contributed by atoms with van der Waals surface area (Å²) in [7, 11) is 5.48. The van der Waals surface area contributed by atoms with Crippen molar-refractivity contribution in [3.63, 3.8) is 0 Å². The molecule has 1 N–H and O–H groups in total. The number of carboxylic acid groups (broad SMARTS) is 1. The highest BCUT2D eigenvalue weighted by Crippen LogP contribution is 2.12. The van der Waals surface area contributed by atoms with E-state index in [9.17, 15) is 19.5 Å². The van der Waals surface area contributed by atoms with Gasteiger partial charge in [0.25, 0.3) is 0 Å². The van der Waals surface area contributed by atoms with Crippen LogP contribution in [0.2, 0.25) is 0 Å². The third-order valence-corrected chi connectivity index (χ3v) is 6.87. The normalized spacial score (nSPS) is 13.5. The van der Waals surface area contributed by atoms with Crippen LogP contribution in [0.3, 0.4) is 0 Å². The van der Waals surface area contributed by atoms with E-state index in [0.29, 0.717) is 19.3 Å². The van der Waals surface area contributed by atoms with Crippen molar-refractivity contribution in [3.05, 3.63) is 24.3 Å². The fourth-order valence-electron chi connectivity index (χ4n) is 4.36. The molecule has 0 fully saturated rings. The predicted molar refractivity (Wildman–Crippen MR) is 165 cm³/mol. The fraction of sp³-hybridized carbons (Fsp3) is 0.788. The van der Waals surface area contributed by atoms with Gasteiger partial charge < -0.3 is 23.8 Å². The Hall–Kier alpha value is -2.19. The molecule has 0 aliphatic carbocycles. The number of nitrogens with zero attached hydrogens (tertiary/aromatic N) is 1. The summed E-state index contributed by atoms with van der Waals surface area (Å²) < 4.78 is 17.0. The lowest BCUT2D eigenvalue weighted by Gasteiger charge is -2.31. The molecule has 0 aliphatic rings. The Kier molecular flexibility index (Phi) is 24.2. The van der Waals surface area contributed by atoms with Crippen LogP contribution in [0.15, 0.2) is 24.3 Å². The molecule has 0 aromatic carbocycles. The van der Waals surface area contributed by atoms with E-state index in [1.807, 2.05) is 21.1 Å². The Morgan fingerprint density at radius 2 is 1.37 bits per heavy atom. The van der Waals surface area contributed by atoms with Crippen molar-refractivity contribution in [1.29, 1.82) is 0 Å². The minimum atomic E-state index is -0.883. The Bertz CT molecular complexity index is 742. The number of aliphatic carboxylic acids is 1. The Morgan fingerprint density at radius 3 is 2.00 bits per heavy atom. The number of carbonyl (C=O) groups is 3. The highest BCUT2D eigenvalue weighted by molar-refractivity contribution is 5.72. The number of hydrogen-bond acceptors (Lipinski definition) is 6. The van der Waals surface area contributed by atoms with Crippen molar-refractivity contribution in [2.24, 2.45) is 0 Å². The van der Waals surface area contributed by atoms with Crippen LogP contribution < -0.4 is 0 Å². The van der Waals surface area contributed by atoms with Gasteiger partial charge in [-0.1, -0.05) is 83.1 Å². The topological polar surface area (TPSA) is 99.1 Å². The van der Waals surface area contributed by atoms with Gasteiger partial charge in [0.2, 0.25) is 0 Å². The molecule has 238 valence electrons. The zero-order valence-corrected chi connectivity index (χ0v) is 26.7. The van der Waals surface area contributed by atoms with Crippen LogP contribution in [-0.4, -0.2) is 80.6 Å². The van der Waals surface area contributed by atoms with Crippen LogP contribution in [0, 0.1) is 0 Å². The molecular formula is C33H60NO7+. The summed E-state index contributed by atoms with van der Waals surface area (Å²) in [6.45, 7) is 4.51. The Balaban J connectivity index is 4.57. The van der Waals surface area contributed by atoms with E-state index in [2.05, 4.69) is 38.2 Å². The number of carbonyl (C=O) groups excluding carboxylic acids is 2. The van der Waals surface area contributed by atoms with E-state index in [0.717, 1.165) is 44.9 Å². The monoisotopic (exact) mass is 582 g/mol. The number of hydrogen-bond donors (Lipinski definition) is 1. The minimum Gasteiger partial charge on any atom is -0.477 e. The van der Waals surface area contributed by atoms with Gasteiger partial charge in [0.05, 0.1) is 34.4 Å². The molecule has 2 atom stereocenters. The second kappa shape index (κ2) is 25.5. The first-order chi connectivity index (χ1) is 19.6. The molecule has 0 aromatic rings. The lowest BCUT2D eigenvalue weighted by molar-refractivity contribution is -0.887. The first kappa shape index (κ1) is 38.8. The highest BCUT2D eigenvalue weighted by Gasteiger charge is 2.31. The largest absolute Gasteiger partial charge is 0.477 e. The van der Waals surface area contributed by atoms with E-state index in [1.165, 1.54) is 32.1 Å².